The smallest absolute Gasteiger partial charge is 0.247 e. The van der Waals surface area contributed by atoms with E-state index in [1.807, 2.05) is 24.3 Å². The summed E-state index contributed by atoms with van der Waals surface area (Å²) in [5, 5.41) is 16.6. The second-order valence-corrected chi connectivity index (χ2v) is 5.61. The van der Waals surface area contributed by atoms with Crippen LogP contribution in [-0.4, -0.2) is 23.2 Å². The minimum absolute atomic E-state index is 0.0926. The molecule has 0 aliphatic carbocycles. The molecule has 3 heterocycles. The Morgan fingerprint density at radius 2 is 2.17 bits per heavy atom. The molecule has 7 nitrogen and oxygen atoms in total. The zero-order valence-electron chi connectivity index (χ0n) is 12.5. The van der Waals surface area contributed by atoms with E-state index >= 15 is 0 Å². The molecule has 114 valence electrons. The summed E-state index contributed by atoms with van der Waals surface area (Å²) in [6, 6.07) is 9.44. The van der Waals surface area contributed by atoms with Crippen molar-refractivity contribution in [2.45, 2.75) is 12.3 Å². The number of nitrogens with two attached hydrogens (primary N) is 1. The molecule has 2 aromatic rings. The van der Waals surface area contributed by atoms with Crippen LogP contribution >= 0.6 is 0 Å². The summed E-state index contributed by atoms with van der Waals surface area (Å²) < 4.78 is 5.46. The molecule has 3 N–H and O–H groups in total. The summed E-state index contributed by atoms with van der Waals surface area (Å²) >= 11 is 0. The number of carbonyl (C=O) groups is 1. The molecule has 0 fully saturated rings. The Labute approximate surface area is 132 Å². The van der Waals surface area contributed by atoms with E-state index in [2.05, 4.69) is 16.3 Å². The quantitative estimate of drug-likeness (QED) is 0.756. The monoisotopic (exact) mass is 307 g/mol. The van der Waals surface area contributed by atoms with Crippen molar-refractivity contribution in [3.8, 4) is 11.9 Å². The summed E-state index contributed by atoms with van der Waals surface area (Å²) in [6.45, 7) is 1.79. The number of hydrogen-bond donors (Lipinski definition) is 2. The van der Waals surface area contributed by atoms with Gasteiger partial charge in [0.2, 0.25) is 17.7 Å². The molecule has 1 aromatic heterocycles. The van der Waals surface area contributed by atoms with Crippen molar-refractivity contribution < 1.29 is 9.53 Å². The van der Waals surface area contributed by atoms with Crippen molar-refractivity contribution in [1.29, 1.82) is 5.26 Å². The number of carbonyl (C=O) groups excluding carboxylic acids is 1. The normalized spacial score (nSPS) is 22.0. The van der Waals surface area contributed by atoms with Crippen LogP contribution in [0.2, 0.25) is 0 Å². The van der Waals surface area contributed by atoms with Gasteiger partial charge in [-0.1, -0.05) is 18.2 Å². The fraction of sp³-hybridized carbons (Fsp3) is 0.188. The summed E-state index contributed by atoms with van der Waals surface area (Å²) in [4.78, 5) is 14.8. The van der Waals surface area contributed by atoms with Gasteiger partial charge in [-0.05, 0) is 13.0 Å². The number of likely N-dealkylation sites (N-methyl/N-ethyl adjacent to an activating group) is 1. The summed E-state index contributed by atoms with van der Waals surface area (Å²) in [7, 11) is 1.69. The number of rotatable bonds is 0. The molecule has 7 heteroatoms. The standard InChI is InChI=1S/C16H13N5O2/c1-8-12-14(20-19-8)23-13(18)10(7-17)16(12)9-5-3-4-6-11(9)21(2)15(16)22/h3-6H,18H2,1-2H3,(H,19,20)/t16-/m1/s1. The zero-order chi connectivity index (χ0) is 16.4. The van der Waals surface area contributed by atoms with Crippen LogP contribution in [0.3, 0.4) is 0 Å². The molecule has 1 amide bonds. The van der Waals surface area contributed by atoms with Crippen molar-refractivity contribution >= 4 is 11.6 Å². The third-order valence-electron chi connectivity index (χ3n) is 4.52. The van der Waals surface area contributed by atoms with Gasteiger partial charge in [-0.15, -0.1) is 5.10 Å². The minimum Gasteiger partial charge on any atom is -0.420 e. The van der Waals surface area contributed by atoms with E-state index in [1.54, 1.807) is 18.9 Å². The maximum absolute atomic E-state index is 13.3. The SMILES string of the molecule is Cc1[nH]nc2c1[C@]1(C(=O)N(C)c3ccccc31)C(C#N)=C(N)O2. The third kappa shape index (κ3) is 1.33. The molecule has 0 radical (unpaired) electrons. The minimum atomic E-state index is -1.31. The van der Waals surface area contributed by atoms with Gasteiger partial charge in [0.25, 0.3) is 0 Å². The number of H-pyrrole nitrogens is 1. The number of benzene rings is 1. The molecular weight excluding hydrogens is 294 g/mol. The van der Waals surface area contributed by atoms with E-state index in [-0.39, 0.29) is 23.2 Å². The Bertz CT molecular complexity index is 936. The Kier molecular flexibility index (Phi) is 2.41. The molecule has 2 aliphatic rings. The Morgan fingerprint density at radius 1 is 1.43 bits per heavy atom. The van der Waals surface area contributed by atoms with Gasteiger partial charge in [0.1, 0.15) is 17.1 Å². The van der Waals surface area contributed by atoms with Gasteiger partial charge in [0, 0.05) is 24.0 Å². The number of aryl methyl sites for hydroxylation is 1. The molecule has 4 rings (SSSR count). The molecule has 0 saturated heterocycles. The van der Waals surface area contributed by atoms with Gasteiger partial charge >= 0.3 is 0 Å². The van der Waals surface area contributed by atoms with E-state index in [4.69, 9.17) is 10.5 Å². The first kappa shape index (κ1) is 13.4. The van der Waals surface area contributed by atoms with Gasteiger partial charge in [-0.2, -0.15) is 5.26 Å². The Hall–Kier alpha value is -3.27. The predicted octanol–water partition coefficient (Wildman–Crippen LogP) is 1.07. The van der Waals surface area contributed by atoms with Gasteiger partial charge < -0.3 is 15.4 Å². The van der Waals surface area contributed by atoms with Crippen molar-refractivity contribution in [1.82, 2.24) is 10.2 Å². The van der Waals surface area contributed by atoms with Crippen LogP contribution in [0.25, 0.3) is 0 Å². The summed E-state index contributed by atoms with van der Waals surface area (Å²) in [6.07, 6.45) is 0. The highest BCUT2D eigenvalue weighted by Crippen LogP contribution is 2.54. The number of anilines is 1. The van der Waals surface area contributed by atoms with Crippen molar-refractivity contribution in [2.24, 2.45) is 5.73 Å². The molecule has 2 aliphatic heterocycles. The molecule has 1 spiro atoms. The van der Waals surface area contributed by atoms with E-state index < -0.39 is 5.41 Å². The average molecular weight is 307 g/mol. The number of nitrogens with one attached hydrogen (secondary N) is 1. The number of nitrogens with zero attached hydrogens (tertiary/aromatic N) is 3. The van der Waals surface area contributed by atoms with Crippen LogP contribution in [0, 0.1) is 18.3 Å². The van der Waals surface area contributed by atoms with Crippen LogP contribution in [-0.2, 0) is 10.2 Å². The molecular formula is C16H13N5O2. The third-order valence-corrected chi connectivity index (χ3v) is 4.52. The fourth-order valence-corrected chi connectivity index (χ4v) is 3.57. The lowest BCUT2D eigenvalue weighted by molar-refractivity contribution is -0.120. The van der Waals surface area contributed by atoms with E-state index in [0.29, 0.717) is 16.8 Å². The summed E-state index contributed by atoms with van der Waals surface area (Å²) in [5.74, 6) is -0.102. The number of para-hydroxylation sites is 1. The van der Waals surface area contributed by atoms with Crippen molar-refractivity contribution in [3.63, 3.8) is 0 Å². The highest BCUT2D eigenvalue weighted by molar-refractivity contribution is 6.13. The first-order chi connectivity index (χ1) is 11.0. The maximum Gasteiger partial charge on any atom is 0.247 e. The van der Waals surface area contributed by atoms with E-state index in [1.165, 1.54) is 0 Å². The molecule has 1 atom stereocenters. The van der Waals surface area contributed by atoms with Crippen LogP contribution in [0.4, 0.5) is 5.69 Å². The average Bonchev–Trinajstić information content (AvgIpc) is 3.01. The first-order valence-electron chi connectivity index (χ1n) is 7.04. The number of nitriles is 1. The first-order valence-corrected chi connectivity index (χ1v) is 7.04. The number of amides is 1. The number of ether oxygens (including phenoxy) is 1. The van der Waals surface area contributed by atoms with Gasteiger partial charge in [-0.25, -0.2) is 0 Å². The lowest BCUT2D eigenvalue weighted by Gasteiger charge is -2.32. The number of fused-ring (bicyclic) bond motifs is 4. The fourth-order valence-electron chi connectivity index (χ4n) is 3.57. The van der Waals surface area contributed by atoms with Crippen LogP contribution < -0.4 is 15.4 Å². The highest BCUT2D eigenvalue weighted by atomic mass is 16.5. The molecule has 0 saturated carbocycles. The number of aromatic nitrogens is 2. The highest BCUT2D eigenvalue weighted by Gasteiger charge is 2.59. The number of aromatic amines is 1. The molecule has 1 aromatic carbocycles. The predicted molar refractivity (Wildman–Crippen MR) is 81.4 cm³/mol. The second kappa shape index (κ2) is 4.14. The van der Waals surface area contributed by atoms with Gasteiger partial charge in [0.15, 0.2) is 0 Å². The van der Waals surface area contributed by atoms with Gasteiger partial charge in [-0.3, -0.25) is 9.89 Å². The van der Waals surface area contributed by atoms with Crippen molar-refractivity contribution in [2.75, 3.05) is 11.9 Å². The number of hydrogen-bond acceptors (Lipinski definition) is 5. The Morgan fingerprint density at radius 3 is 2.91 bits per heavy atom. The molecule has 0 unspecified atom stereocenters. The largest absolute Gasteiger partial charge is 0.420 e. The van der Waals surface area contributed by atoms with Crippen LogP contribution in [0.15, 0.2) is 35.7 Å². The van der Waals surface area contributed by atoms with Crippen molar-refractivity contribution in [3.05, 3.63) is 52.5 Å². The van der Waals surface area contributed by atoms with E-state index in [0.717, 1.165) is 5.69 Å². The van der Waals surface area contributed by atoms with Gasteiger partial charge in [0.05, 0.1) is 5.56 Å². The van der Waals surface area contributed by atoms with Crippen LogP contribution in [0.5, 0.6) is 5.88 Å². The lowest BCUT2D eigenvalue weighted by Crippen LogP contribution is -2.45. The topological polar surface area (TPSA) is 108 Å². The second-order valence-electron chi connectivity index (χ2n) is 5.61. The molecule has 0 bridgehead atoms. The Balaban J connectivity index is 2.20. The molecule has 23 heavy (non-hydrogen) atoms. The van der Waals surface area contributed by atoms with Crippen LogP contribution in [0.1, 0.15) is 16.8 Å². The maximum atomic E-state index is 13.3. The zero-order valence-corrected chi connectivity index (χ0v) is 12.5. The lowest BCUT2D eigenvalue weighted by atomic mass is 9.69. The van der Waals surface area contributed by atoms with E-state index in [9.17, 15) is 10.1 Å². The summed E-state index contributed by atoms with van der Waals surface area (Å²) in [5.41, 5.74) is 7.39.